The van der Waals surface area contributed by atoms with E-state index in [0.717, 1.165) is 16.4 Å². The molecule has 80 valence electrons. The maximum absolute atomic E-state index is 11.4. The summed E-state index contributed by atoms with van der Waals surface area (Å²) >= 11 is 2.01. The molecule has 2 rings (SSSR count). The zero-order valence-electron chi connectivity index (χ0n) is 7.94. The molecular formula is C9H10IN3O2. The summed E-state index contributed by atoms with van der Waals surface area (Å²) in [6.07, 6.45) is 3.65. The normalized spacial score (nSPS) is 15.0. The van der Waals surface area contributed by atoms with E-state index < -0.39 is 0 Å². The largest absolute Gasteiger partial charge is 0.352 e. The molecule has 0 unspecified atom stereocenters. The Morgan fingerprint density at radius 3 is 3.00 bits per heavy atom. The van der Waals surface area contributed by atoms with Crippen molar-refractivity contribution in [2.24, 2.45) is 0 Å². The summed E-state index contributed by atoms with van der Waals surface area (Å²) in [6, 6.07) is 1.77. The molecule has 1 N–H and O–H groups in total. The molecule has 1 aliphatic rings. The Kier molecular flexibility index (Phi) is 3.03. The van der Waals surface area contributed by atoms with Crippen LogP contribution in [0.5, 0.6) is 0 Å². The average molecular weight is 319 g/mol. The molecule has 15 heavy (non-hydrogen) atoms. The van der Waals surface area contributed by atoms with Crippen LogP contribution in [0, 0.1) is 3.57 Å². The molecule has 1 saturated carbocycles. The summed E-state index contributed by atoms with van der Waals surface area (Å²) < 4.78 is 1.94. The molecule has 1 fully saturated rings. The summed E-state index contributed by atoms with van der Waals surface area (Å²) in [4.78, 5) is 22.8. The standard InChI is InChI=1S/C9H10IN3O2/c10-6-3-9(15)13(11-4-6)5-8(14)12-7-1-2-7/h3-4,7H,1-2,5H2,(H,12,14). The van der Waals surface area contributed by atoms with E-state index in [1.165, 1.54) is 10.7 Å². The van der Waals surface area contributed by atoms with Crippen LogP contribution in [0.4, 0.5) is 0 Å². The van der Waals surface area contributed by atoms with Gasteiger partial charge in [0, 0.05) is 15.7 Å². The van der Waals surface area contributed by atoms with Crippen molar-refractivity contribution in [3.8, 4) is 0 Å². The average Bonchev–Trinajstić information content (AvgIpc) is 2.94. The van der Waals surface area contributed by atoms with Gasteiger partial charge in [0.2, 0.25) is 5.91 Å². The van der Waals surface area contributed by atoms with Crippen LogP contribution in [0.1, 0.15) is 12.8 Å². The van der Waals surface area contributed by atoms with Crippen molar-refractivity contribution in [3.63, 3.8) is 0 Å². The van der Waals surface area contributed by atoms with Gasteiger partial charge in [0.05, 0.1) is 6.20 Å². The molecule has 0 aromatic carbocycles. The lowest BCUT2D eigenvalue weighted by molar-refractivity contribution is -0.122. The molecule has 0 radical (unpaired) electrons. The van der Waals surface area contributed by atoms with Crippen molar-refractivity contribution in [2.45, 2.75) is 25.4 Å². The summed E-state index contributed by atoms with van der Waals surface area (Å²) in [5.41, 5.74) is -0.243. The van der Waals surface area contributed by atoms with Crippen LogP contribution in [0.3, 0.4) is 0 Å². The highest BCUT2D eigenvalue weighted by molar-refractivity contribution is 14.1. The molecule has 1 heterocycles. The van der Waals surface area contributed by atoms with Crippen LogP contribution >= 0.6 is 22.6 Å². The molecule has 1 amide bonds. The quantitative estimate of drug-likeness (QED) is 0.806. The van der Waals surface area contributed by atoms with Crippen LogP contribution in [0.2, 0.25) is 0 Å². The Morgan fingerprint density at radius 1 is 1.67 bits per heavy atom. The minimum atomic E-state index is -0.243. The van der Waals surface area contributed by atoms with E-state index in [0.29, 0.717) is 6.04 Å². The second kappa shape index (κ2) is 4.30. The minimum absolute atomic E-state index is 0.00620. The molecule has 1 aliphatic carbocycles. The number of amides is 1. The van der Waals surface area contributed by atoms with Gasteiger partial charge in [-0.25, -0.2) is 4.68 Å². The van der Waals surface area contributed by atoms with Crippen molar-refractivity contribution in [1.82, 2.24) is 15.1 Å². The lowest BCUT2D eigenvalue weighted by atomic mass is 10.5. The smallest absolute Gasteiger partial charge is 0.268 e. The highest BCUT2D eigenvalue weighted by Gasteiger charge is 2.23. The van der Waals surface area contributed by atoms with Crippen molar-refractivity contribution < 1.29 is 4.79 Å². The van der Waals surface area contributed by atoms with Gasteiger partial charge in [0.15, 0.2) is 0 Å². The predicted molar refractivity (Wildman–Crippen MR) is 62.4 cm³/mol. The molecule has 0 saturated heterocycles. The van der Waals surface area contributed by atoms with E-state index in [1.807, 2.05) is 22.6 Å². The third-order valence-electron chi connectivity index (χ3n) is 2.07. The van der Waals surface area contributed by atoms with E-state index in [4.69, 9.17) is 0 Å². The Bertz CT molecular complexity index is 439. The van der Waals surface area contributed by atoms with Crippen molar-refractivity contribution in [1.29, 1.82) is 0 Å². The van der Waals surface area contributed by atoms with Gasteiger partial charge in [-0.15, -0.1) is 0 Å². The fourth-order valence-electron chi connectivity index (χ4n) is 1.17. The first kappa shape index (κ1) is 10.6. The highest BCUT2D eigenvalue weighted by Crippen LogP contribution is 2.18. The Labute approximate surface area is 100 Å². The number of carbonyl (C=O) groups is 1. The highest BCUT2D eigenvalue weighted by atomic mass is 127. The summed E-state index contributed by atoms with van der Waals surface area (Å²) in [7, 11) is 0. The van der Waals surface area contributed by atoms with Crippen molar-refractivity contribution in [2.75, 3.05) is 0 Å². The van der Waals surface area contributed by atoms with Crippen molar-refractivity contribution in [3.05, 3.63) is 26.2 Å². The maximum atomic E-state index is 11.4. The van der Waals surface area contributed by atoms with Gasteiger partial charge in [-0.3, -0.25) is 9.59 Å². The number of rotatable bonds is 3. The van der Waals surface area contributed by atoms with E-state index in [9.17, 15) is 9.59 Å². The number of nitrogens with zero attached hydrogens (tertiary/aromatic N) is 2. The first-order valence-corrected chi connectivity index (χ1v) is 5.75. The van der Waals surface area contributed by atoms with Gasteiger partial charge in [-0.1, -0.05) is 0 Å². The first-order valence-electron chi connectivity index (χ1n) is 4.67. The van der Waals surface area contributed by atoms with E-state index in [-0.39, 0.29) is 18.0 Å². The SMILES string of the molecule is O=C(Cn1ncc(I)cc1=O)NC1CC1. The summed E-state index contributed by atoms with van der Waals surface area (Å²) in [5.74, 6) is -0.145. The predicted octanol–water partition coefficient (Wildman–Crippen LogP) is 0.126. The van der Waals surface area contributed by atoms with Crippen LogP contribution in [-0.4, -0.2) is 21.7 Å². The first-order chi connectivity index (χ1) is 7.15. The molecule has 0 aliphatic heterocycles. The zero-order valence-corrected chi connectivity index (χ0v) is 10.1. The zero-order chi connectivity index (χ0) is 10.8. The number of nitrogens with one attached hydrogen (secondary N) is 1. The van der Waals surface area contributed by atoms with Gasteiger partial charge < -0.3 is 5.32 Å². The minimum Gasteiger partial charge on any atom is -0.352 e. The number of hydrogen-bond donors (Lipinski definition) is 1. The lowest BCUT2D eigenvalue weighted by Gasteiger charge is -2.04. The van der Waals surface area contributed by atoms with Crippen molar-refractivity contribution >= 4 is 28.5 Å². The summed E-state index contributed by atoms with van der Waals surface area (Å²) in [5, 5.41) is 6.68. The van der Waals surface area contributed by atoms with E-state index >= 15 is 0 Å². The monoisotopic (exact) mass is 319 g/mol. The molecule has 1 aromatic heterocycles. The number of aromatic nitrogens is 2. The third-order valence-corrected chi connectivity index (χ3v) is 2.66. The lowest BCUT2D eigenvalue weighted by Crippen LogP contribution is -2.34. The second-order valence-corrected chi connectivity index (χ2v) is 4.76. The molecular weight excluding hydrogens is 309 g/mol. The van der Waals surface area contributed by atoms with Gasteiger partial charge in [-0.05, 0) is 35.4 Å². The second-order valence-electron chi connectivity index (χ2n) is 3.51. The number of hydrogen-bond acceptors (Lipinski definition) is 3. The molecule has 6 heteroatoms. The van der Waals surface area contributed by atoms with Gasteiger partial charge in [-0.2, -0.15) is 5.10 Å². The van der Waals surface area contributed by atoms with Crippen LogP contribution in [0.25, 0.3) is 0 Å². The Balaban J connectivity index is 2.03. The van der Waals surface area contributed by atoms with Crippen LogP contribution < -0.4 is 10.9 Å². The molecule has 0 spiro atoms. The molecule has 0 bridgehead atoms. The topological polar surface area (TPSA) is 64.0 Å². The van der Waals surface area contributed by atoms with Crippen LogP contribution in [0.15, 0.2) is 17.1 Å². The number of carbonyl (C=O) groups excluding carboxylic acids is 1. The van der Waals surface area contributed by atoms with Gasteiger partial charge >= 0.3 is 0 Å². The van der Waals surface area contributed by atoms with E-state index in [2.05, 4.69) is 10.4 Å². The maximum Gasteiger partial charge on any atom is 0.268 e. The fraction of sp³-hybridized carbons (Fsp3) is 0.444. The Hall–Kier alpha value is -0.920. The van der Waals surface area contributed by atoms with Gasteiger partial charge in [0.1, 0.15) is 6.54 Å². The Morgan fingerprint density at radius 2 is 2.40 bits per heavy atom. The molecule has 1 aromatic rings. The van der Waals surface area contributed by atoms with E-state index in [1.54, 1.807) is 6.20 Å². The fourth-order valence-corrected chi connectivity index (χ4v) is 1.56. The number of halogens is 1. The van der Waals surface area contributed by atoms with Gasteiger partial charge in [0.25, 0.3) is 5.56 Å². The third kappa shape index (κ3) is 3.01. The summed E-state index contributed by atoms with van der Waals surface area (Å²) in [6.45, 7) is 0.00620. The molecule has 0 atom stereocenters. The van der Waals surface area contributed by atoms with Crippen LogP contribution in [-0.2, 0) is 11.3 Å². The molecule has 5 nitrogen and oxygen atoms in total.